The first-order valence-corrected chi connectivity index (χ1v) is 8.82. The molecule has 0 fully saturated rings. The van der Waals surface area contributed by atoms with E-state index in [2.05, 4.69) is 15.8 Å². The zero-order chi connectivity index (χ0) is 17.8. The van der Waals surface area contributed by atoms with Crippen molar-refractivity contribution in [3.8, 4) is 0 Å². The van der Waals surface area contributed by atoms with Crippen LogP contribution in [-0.2, 0) is 0 Å². The molecule has 2 aromatic rings. The topological polar surface area (TPSA) is 56.7 Å². The number of urea groups is 1. The summed E-state index contributed by atoms with van der Waals surface area (Å²) in [7, 11) is 3.88. The summed E-state index contributed by atoms with van der Waals surface area (Å²) in [6, 6.07) is 13.3. The summed E-state index contributed by atoms with van der Waals surface area (Å²) < 4.78 is 13.7. The summed E-state index contributed by atoms with van der Waals surface area (Å²) >= 11 is 1.66. The molecule has 1 aliphatic rings. The lowest BCUT2D eigenvalue weighted by molar-refractivity contribution is 0.252. The molecule has 1 heterocycles. The molecule has 2 amide bonds. The summed E-state index contributed by atoms with van der Waals surface area (Å²) in [5.74, 6) is 0.465. The van der Waals surface area contributed by atoms with Gasteiger partial charge in [-0.05, 0) is 44.4 Å². The van der Waals surface area contributed by atoms with Gasteiger partial charge in [-0.25, -0.2) is 14.6 Å². The summed E-state index contributed by atoms with van der Waals surface area (Å²) in [4.78, 5) is 15.1. The van der Waals surface area contributed by atoms with Gasteiger partial charge < -0.3 is 10.2 Å². The van der Waals surface area contributed by atoms with Gasteiger partial charge in [0.1, 0.15) is 5.82 Å². The number of carbonyl (C=O) groups excluding carboxylic acids is 1. The number of para-hydroxylation sites is 1. The van der Waals surface area contributed by atoms with Crippen LogP contribution in [0.4, 0.5) is 14.9 Å². The Labute approximate surface area is 150 Å². The number of nitrogens with one attached hydrogen (secondary N) is 2. The molecule has 0 saturated heterocycles. The molecular formula is C18H19FN4OS. The van der Waals surface area contributed by atoms with Crippen LogP contribution < -0.4 is 10.7 Å². The first-order valence-electron chi connectivity index (χ1n) is 7.83. The van der Waals surface area contributed by atoms with E-state index >= 15 is 0 Å². The second kappa shape index (κ2) is 7.67. The summed E-state index contributed by atoms with van der Waals surface area (Å²) in [5, 5.41) is 7.01. The minimum Gasteiger partial charge on any atom is -0.307 e. The van der Waals surface area contributed by atoms with Gasteiger partial charge in [-0.2, -0.15) is 5.10 Å². The van der Waals surface area contributed by atoms with Crippen molar-refractivity contribution >= 4 is 29.2 Å². The van der Waals surface area contributed by atoms with Gasteiger partial charge in [0.25, 0.3) is 0 Å². The third kappa shape index (κ3) is 4.18. The Kier molecular flexibility index (Phi) is 5.35. The van der Waals surface area contributed by atoms with Gasteiger partial charge >= 0.3 is 6.03 Å². The molecule has 0 aromatic heterocycles. The molecule has 0 bridgehead atoms. The monoisotopic (exact) mass is 358 g/mol. The van der Waals surface area contributed by atoms with Crippen molar-refractivity contribution < 1.29 is 9.18 Å². The number of carbonyl (C=O) groups is 1. The number of nitrogens with zero attached hydrogens (tertiary/aromatic N) is 2. The molecule has 3 rings (SSSR count). The molecule has 1 unspecified atom stereocenters. The van der Waals surface area contributed by atoms with Crippen LogP contribution >= 0.6 is 11.8 Å². The molecule has 0 spiro atoms. The van der Waals surface area contributed by atoms with Crippen LogP contribution in [0.15, 0.2) is 58.5 Å². The number of hydrogen-bond donors (Lipinski definition) is 2. The van der Waals surface area contributed by atoms with E-state index in [4.69, 9.17) is 0 Å². The molecule has 25 heavy (non-hydrogen) atoms. The molecular weight excluding hydrogens is 339 g/mol. The largest absolute Gasteiger partial charge is 0.339 e. The second-order valence-corrected chi connectivity index (χ2v) is 6.92. The van der Waals surface area contributed by atoms with Crippen molar-refractivity contribution in [3.05, 3.63) is 59.9 Å². The first kappa shape index (κ1) is 17.4. The van der Waals surface area contributed by atoms with Crippen LogP contribution in [0.5, 0.6) is 0 Å². The normalized spacial score (nSPS) is 18.1. The highest BCUT2D eigenvalue weighted by atomic mass is 32.2. The number of anilines is 1. The Bertz CT molecular complexity index is 795. The van der Waals surface area contributed by atoms with E-state index in [1.54, 1.807) is 30.0 Å². The number of amides is 2. The molecule has 5 nitrogen and oxygen atoms in total. The van der Waals surface area contributed by atoms with Gasteiger partial charge in [0.2, 0.25) is 0 Å². The van der Waals surface area contributed by atoms with Crippen LogP contribution in [0.1, 0.15) is 5.56 Å². The number of thioether (sulfide) groups is 1. The first-order chi connectivity index (χ1) is 12.0. The quantitative estimate of drug-likeness (QED) is 0.827. The third-order valence-corrected chi connectivity index (χ3v) is 5.01. The van der Waals surface area contributed by atoms with Crippen molar-refractivity contribution in [2.75, 3.05) is 25.2 Å². The van der Waals surface area contributed by atoms with Crippen LogP contribution in [-0.4, -0.2) is 42.5 Å². The number of halogens is 1. The molecule has 130 valence electrons. The SMILES string of the molecule is CN(C)C1CSc2ccc(F)cc2/C1=N/NC(=O)Nc1ccccc1. The fourth-order valence-electron chi connectivity index (χ4n) is 2.58. The standard InChI is InChI=1S/C18H19FN4OS/c1-23(2)15-11-25-16-9-8-12(19)10-14(16)17(15)21-22-18(24)20-13-6-4-3-5-7-13/h3-10,15H,11H2,1-2H3,(H2,20,22,24)/b21-17-. The highest BCUT2D eigenvalue weighted by Gasteiger charge is 2.28. The van der Waals surface area contributed by atoms with Crippen molar-refractivity contribution in [2.24, 2.45) is 5.10 Å². The minimum atomic E-state index is -0.438. The van der Waals surface area contributed by atoms with Gasteiger partial charge in [0.05, 0.1) is 11.8 Å². The van der Waals surface area contributed by atoms with Gasteiger partial charge in [-0.1, -0.05) is 18.2 Å². The lowest BCUT2D eigenvalue weighted by Gasteiger charge is -2.30. The summed E-state index contributed by atoms with van der Waals surface area (Å²) in [6.45, 7) is 0. The number of hydrogen-bond acceptors (Lipinski definition) is 4. The average Bonchev–Trinajstić information content (AvgIpc) is 2.60. The van der Waals surface area contributed by atoms with Gasteiger partial charge in [-0.3, -0.25) is 0 Å². The lowest BCUT2D eigenvalue weighted by Crippen LogP contribution is -2.42. The van der Waals surface area contributed by atoms with E-state index in [9.17, 15) is 9.18 Å². The number of fused-ring (bicyclic) bond motifs is 1. The smallest absolute Gasteiger partial charge is 0.307 e. The zero-order valence-electron chi connectivity index (χ0n) is 14.0. The molecule has 0 aliphatic carbocycles. The van der Waals surface area contributed by atoms with Crippen molar-refractivity contribution in [1.82, 2.24) is 10.3 Å². The molecule has 2 aromatic carbocycles. The number of benzene rings is 2. The maximum absolute atomic E-state index is 13.7. The highest BCUT2D eigenvalue weighted by molar-refractivity contribution is 7.99. The predicted octanol–water partition coefficient (Wildman–Crippen LogP) is 3.39. The number of rotatable bonds is 3. The number of hydrazone groups is 1. The predicted molar refractivity (Wildman–Crippen MR) is 99.7 cm³/mol. The summed E-state index contributed by atoms with van der Waals surface area (Å²) in [6.07, 6.45) is 0. The van der Waals surface area contributed by atoms with Crippen LogP contribution in [0.2, 0.25) is 0 Å². The maximum Gasteiger partial charge on any atom is 0.339 e. The van der Waals surface area contributed by atoms with E-state index in [0.29, 0.717) is 11.4 Å². The van der Waals surface area contributed by atoms with Crippen molar-refractivity contribution in [3.63, 3.8) is 0 Å². The number of likely N-dealkylation sites (N-methyl/N-ethyl adjacent to an activating group) is 1. The molecule has 2 N–H and O–H groups in total. The average molecular weight is 358 g/mol. The molecule has 1 atom stereocenters. The Morgan fingerprint density at radius 2 is 2.00 bits per heavy atom. The third-order valence-electron chi connectivity index (χ3n) is 3.86. The Morgan fingerprint density at radius 3 is 2.72 bits per heavy atom. The Balaban J connectivity index is 1.83. The van der Waals surface area contributed by atoms with Crippen LogP contribution in [0.25, 0.3) is 0 Å². The zero-order valence-corrected chi connectivity index (χ0v) is 14.8. The Morgan fingerprint density at radius 1 is 1.24 bits per heavy atom. The van der Waals surface area contributed by atoms with E-state index in [0.717, 1.165) is 16.2 Å². The lowest BCUT2D eigenvalue weighted by atomic mass is 10.0. The highest BCUT2D eigenvalue weighted by Crippen LogP contribution is 2.32. The molecule has 7 heteroatoms. The van der Waals surface area contributed by atoms with E-state index in [1.807, 2.05) is 37.2 Å². The molecule has 0 radical (unpaired) electrons. The van der Waals surface area contributed by atoms with Crippen LogP contribution in [0.3, 0.4) is 0 Å². The maximum atomic E-state index is 13.7. The van der Waals surface area contributed by atoms with Gasteiger partial charge in [-0.15, -0.1) is 11.8 Å². The molecule has 1 aliphatic heterocycles. The van der Waals surface area contributed by atoms with Crippen LogP contribution in [0, 0.1) is 5.82 Å². The van der Waals surface area contributed by atoms with Crippen molar-refractivity contribution in [2.45, 2.75) is 10.9 Å². The van der Waals surface area contributed by atoms with Gasteiger partial charge in [0.15, 0.2) is 0 Å². The fraction of sp³-hybridized carbons (Fsp3) is 0.222. The second-order valence-electron chi connectivity index (χ2n) is 5.86. The Hall–Kier alpha value is -2.38. The molecule has 0 saturated carbocycles. The van der Waals surface area contributed by atoms with E-state index in [1.165, 1.54) is 12.1 Å². The van der Waals surface area contributed by atoms with E-state index < -0.39 is 6.03 Å². The van der Waals surface area contributed by atoms with Crippen molar-refractivity contribution in [1.29, 1.82) is 0 Å². The fourth-order valence-corrected chi connectivity index (χ4v) is 3.85. The summed E-state index contributed by atoms with van der Waals surface area (Å²) in [5.41, 5.74) is 4.57. The van der Waals surface area contributed by atoms with E-state index in [-0.39, 0.29) is 11.9 Å². The van der Waals surface area contributed by atoms with Gasteiger partial charge in [0, 0.05) is 21.9 Å². The minimum absolute atomic E-state index is 0.0173.